The molecule has 1 saturated heterocycles. The van der Waals surface area contributed by atoms with Gasteiger partial charge in [-0.1, -0.05) is 38.3 Å². The number of benzene rings is 1. The zero-order valence-corrected chi connectivity index (χ0v) is 14.5. The summed E-state index contributed by atoms with van der Waals surface area (Å²) < 4.78 is 23.2. The first-order valence-corrected chi connectivity index (χ1v) is 10.2. The minimum atomic E-state index is -3.11. The molecule has 1 atom stereocenters. The first kappa shape index (κ1) is 17.4. The Balaban J connectivity index is 2.15. The summed E-state index contributed by atoms with van der Waals surface area (Å²) in [5.41, 5.74) is 1.24. The van der Waals surface area contributed by atoms with Crippen molar-refractivity contribution >= 4 is 9.84 Å². The Morgan fingerprint density at radius 3 is 2.32 bits per heavy atom. The Bertz CT molecular complexity index is 549. The first-order chi connectivity index (χ1) is 10.5. The van der Waals surface area contributed by atoms with Gasteiger partial charge in [0, 0.05) is 38.5 Å². The molecule has 5 heteroatoms. The van der Waals surface area contributed by atoms with Gasteiger partial charge >= 0.3 is 0 Å². The molecule has 124 valence electrons. The largest absolute Gasteiger partial charge is 0.314 e. The summed E-state index contributed by atoms with van der Waals surface area (Å²) in [6, 6.07) is 7.89. The van der Waals surface area contributed by atoms with E-state index in [-0.39, 0.29) is 0 Å². The number of nitrogens with one attached hydrogen (secondary N) is 1. The predicted molar refractivity (Wildman–Crippen MR) is 90.9 cm³/mol. The topological polar surface area (TPSA) is 49.4 Å². The lowest BCUT2D eigenvalue weighted by Gasteiger charge is -2.35. The van der Waals surface area contributed by atoms with Gasteiger partial charge in [0.25, 0.3) is 0 Å². The van der Waals surface area contributed by atoms with Crippen molar-refractivity contribution in [2.45, 2.75) is 43.5 Å². The Kier molecular flexibility index (Phi) is 6.41. The Morgan fingerprint density at radius 2 is 1.77 bits per heavy atom. The van der Waals surface area contributed by atoms with Crippen molar-refractivity contribution in [3.8, 4) is 0 Å². The van der Waals surface area contributed by atoms with Crippen LogP contribution in [-0.2, 0) is 9.84 Å². The van der Waals surface area contributed by atoms with Crippen molar-refractivity contribution in [3.05, 3.63) is 29.8 Å². The lowest BCUT2D eigenvalue weighted by molar-refractivity contribution is 0.162. The van der Waals surface area contributed by atoms with Crippen LogP contribution in [0.1, 0.15) is 44.2 Å². The fraction of sp³-hybridized carbons (Fsp3) is 0.647. The van der Waals surface area contributed by atoms with Gasteiger partial charge in [-0.15, -0.1) is 0 Å². The van der Waals surface area contributed by atoms with E-state index >= 15 is 0 Å². The third-order valence-electron chi connectivity index (χ3n) is 4.37. The minimum absolute atomic E-state index is 0.405. The Labute approximate surface area is 134 Å². The molecule has 0 radical (unpaired) electrons. The van der Waals surface area contributed by atoms with Crippen LogP contribution in [0.25, 0.3) is 0 Å². The van der Waals surface area contributed by atoms with Crippen LogP contribution in [0, 0.1) is 0 Å². The van der Waals surface area contributed by atoms with Crippen LogP contribution >= 0.6 is 0 Å². The van der Waals surface area contributed by atoms with E-state index in [0.717, 1.165) is 32.6 Å². The highest BCUT2D eigenvalue weighted by Gasteiger charge is 2.22. The average molecular weight is 324 g/mol. The second-order valence-corrected chi connectivity index (χ2v) is 8.15. The van der Waals surface area contributed by atoms with E-state index in [2.05, 4.69) is 17.1 Å². The SMILES string of the molecule is CCCCC[C@H](c1ccc(S(C)(=O)=O)cc1)N1CCNCC1. The summed E-state index contributed by atoms with van der Waals surface area (Å²) in [5, 5.41) is 3.40. The van der Waals surface area contributed by atoms with E-state index in [9.17, 15) is 8.42 Å². The van der Waals surface area contributed by atoms with Crippen LogP contribution in [0.2, 0.25) is 0 Å². The van der Waals surface area contributed by atoms with Crippen LogP contribution in [0.15, 0.2) is 29.2 Å². The van der Waals surface area contributed by atoms with E-state index < -0.39 is 9.84 Å². The van der Waals surface area contributed by atoms with Crippen LogP contribution < -0.4 is 5.32 Å². The summed E-state index contributed by atoms with van der Waals surface area (Å²) in [4.78, 5) is 2.94. The van der Waals surface area contributed by atoms with Crippen molar-refractivity contribution in [1.29, 1.82) is 0 Å². The number of rotatable bonds is 7. The first-order valence-electron chi connectivity index (χ1n) is 8.27. The van der Waals surface area contributed by atoms with Crippen molar-refractivity contribution in [3.63, 3.8) is 0 Å². The van der Waals surface area contributed by atoms with Gasteiger partial charge < -0.3 is 5.32 Å². The van der Waals surface area contributed by atoms with Crippen molar-refractivity contribution in [2.75, 3.05) is 32.4 Å². The highest BCUT2D eigenvalue weighted by Crippen LogP contribution is 2.28. The third kappa shape index (κ3) is 4.80. The summed E-state index contributed by atoms with van der Waals surface area (Å²) in [6.07, 6.45) is 6.10. The number of hydrogen-bond acceptors (Lipinski definition) is 4. The second-order valence-electron chi connectivity index (χ2n) is 6.14. The molecule has 1 fully saturated rings. The number of nitrogens with zero attached hydrogens (tertiary/aromatic N) is 1. The smallest absolute Gasteiger partial charge is 0.175 e. The van der Waals surface area contributed by atoms with Gasteiger partial charge in [0.1, 0.15) is 0 Å². The van der Waals surface area contributed by atoms with Crippen molar-refractivity contribution in [2.24, 2.45) is 0 Å². The highest BCUT2D eigenvalue weighted by atomic mass is 32.2. The molecule has 1 aromatic carbocycles. The number of unbranched alkanes of at least 4 members (excludes halogenated alkanes) is 2. The predicted octanol–water partition coefficient (Wildman–Crippen LogP) is 2.62. The Morgan fingerprint density at radius 1 is 1.14 bits per heavy atom. The number of sulfone groups is 1. The molecule has 0 bridgehead atoms. The van der Waals surface area contributed by atoms with Crippen LogP contribution in [0.4, 0.5) is 0 Å². The molecular weight excluding hydrogens is 296 g/mol. The molecular formula is C17H28N2O2S. The molecule has 1 heterocycles. The normalized spacial score (nSPS) is 18.3. The molecule has 2 rings (SSSR count). The molecule has 0 spiro atoms. The maximum atomic E-state index is 11.6. The van der Waals surface area contributed by atoms with Gasteiger partial charge in [-0.3, -0.25) is 4.90 Å². The second kappa shape index (κ2) is 8.09. The number of hydrogen-bond donors (Lipinski definition) is 1. The van der Waals surface area contributed by atoms with Gasteiger partial charge in [0.2, 0.25) is 0 Å². The molecule has 1 aliphatic rings. The highest BCUT2D eigenvalue weighted by molar-refractivity contribution is 7.90. The minimum Gasteiger partial charge on any atom is -0.314 e. The molecule has 0 amide bonds. The Hall–Kier alpha value is -0.910. The van der Waals surface area contributed by atoms with E-state index in [4.69, 9.17) is 0 Å². The summed E-state index contributed by atoms with van der Waals surface area (Å²) in [7, 11) is -3.11. The van der Waals surface area contributed by atoms with E-state index in [1.807, 2.05) is 12.1 Å². The van der Waals surface area contributed by atoms with Crippen LogP contribution in [-0.4, -0.2) is 45.8 Å². The lowest BCUT2D eigenvalue weighted by atomic mass is 9.98. The van der Waals surface area contributed by atoms with Gasteiger partial charge in [0.05, 0.1) is 4.90 Å². The van der Waals surface area contributed by atoms with Crippen LogP contribution in [0.5, 0.6) is 0 Å². The standard InChI is InChI=1S/C17H28N2O2S/c1-3-4-5-6-17(19-13-11-18-12-14-19)15-7-9-16(10-8-15)22(2,20)21/h7-10,17-18H,3-6,11-14H2,1-2H3/t17-/m1/s1. The zero-order valence-electron chi connectivity index (χ0n) is 13.7. The maximum absolute atomic E-state index is 11.6. The zero-order chi connectivity index (χ0) is 16.0. The fourth-order valence-electron chi connectivity index (χ4n) is 3.08. The molecule has 0 aromatic heterocycles. The molecule has 1 aromatic rings. The van der Waals surface area contributed by atoms with Crippen molar-refractivity contribution < 1.29 is 8.42 Å². The average Bonchev–Trinajstić information content (AvgIpc) is 2.52. The quantitative estimate of drug-likeness (QED) is 0.783. The van der Waals surface area contributed by atoms with Gasteiger partial charge in [0.15, 0.2) is 9.84 Å². The van der Waals surface area contributed by atoms with Gasteiger partial charge in [-0.05, 0) is 24.1 Å². The molecule has 1 aliphatic heterocycles. The molecule has 1 N–H and O–H groups in total. The monoisotopic (exact) mass is 324 g/mol. The van der Waals surface area contributed by atoms with Gasteiger partial charge in [-0.25, -0.2) is 8.42 Å². The summed E-state index contributed by atoms with van der Waals surface area (Å²) in [5.74, 6) is 0. The van der Waals surface area contributed by atoms with Crippen molar-refractivity contribution in [1.82, 2.24) is 10.2 Å². The fourth-order valence-corrected chi connectivity index (χ4v) is 3.71. The maximum Gasteiger partial charge on any atom is 0.175 e. The molecule has 22 heavy (non-hydrogen) atoms. The van der Waals surface area contributed by atoms with Crippen LogP contribution in [0.3, 0.4) is 0 Å². The summed E-state index contributed by atoms with van der Waals surface area (Å²) in [6.45, 7) is 6.41. The lowest BCUT2D eigenvalue weighted by Crippen LogP contribution is -2.45. The number of piperazine rings is 1. The van der Waals surface area contributed by atoms with E-state index in [0.29, 0.717) is 10.9 Å². The molecule has 4 nitrogen and oxygen atoms in total. The third-order valence-corrected chi connectivity index (χ3v) is 5.49. The molecule has 0 saturated carbocycles. The molecule has 0 aliphatic carbocycles. The van der Waals surface area contributed by atoms with E-state index in [1.165, 1.54) is 31.1 Å². The van der Waals surface area contributed by atoms with E-state index in [1.54, 1.807) is 12.1 Å². The molecule has 0 unspecified atom stereocenters. The van der Waals surface area contributed by atoms with Gasteiger partial charge in [-0.2, -0.15) is 0 Å². The summed E-state index contributed by atoms with van der Waals surface area (Å²) >= 11 is 0.